The number of benzene rings is 2. The third-order valence-corrected chi connectivity index (χ3v) is 7.18. The highest BCUT2D eigenvalue weighted by Gasteiger charge is 2.18. The van der Waals surface area contributed by atoms with Crippen LogP contribution < -0.4 is 0 Å². The molecule has 2 aromatic carbocycles. The van der Waals surface area contributed by atoms with Gasteiger partial charge in [-0.2, -0.15) is 0 Å². The highest BCUT2D eigenvalue weighted by Crippen LogP contribution is 2.36. The summed E-state index contributed by atoms with van der Waals surface area (Å²) in [7, 11) is -8.57. The molecular formula is C17H16O10S2. The lowest BCUT2D eigenvalue weighted by Gasteiger charge is -2.03. The van der Waals surface area contributed by atoms with Crippen LogP contribution in [0, 0.1) is 0 Å². The van der Waals surface area contributed by atoms with Gasteiger partial charge in [0, 0.05) is 10.8 Å². The van der Waals surface area contributed by atoms with Gasteiger partial charge in [-0.1, -0.05) is 0 Å². The molecule has 156 valence electrons. The topological polar surface area (TPSA) is 190 Å². The van der Waals surface area contributed by atoms with Gasteiger partial charge in [0.1, 0.15) is 0 Å². The first-order valence-corrected chi connectivity index (χ1v) is 11.0. The van der Waals surface area contributed by atoms with E-state index in [9.17, 15) is 47.5 Å². The van der Waals surface area contributed by atoms with Crippen LogP contribution in [0.15, 0.2) is 35.1 Å². The fraction of sp³-hybridized carbons (Fsp3) is 0.0588. The summed E-state index contributed by atoms with van der Waals surface area (Å²) in [5.41, 5.74) is -0.0197. The molecule has 29 heavy (non-hydrogen) atoms. The summed E-state index contributed by atoms with van der Waals surface area (Å²) in [5, 5.41) is 55.8. The SMILES string of the molecule is O=S(=O)(/C=C/c1cc(O)c(O)c(O)c1)CS(=O)(=O)/C=C/c1cc(O)c(O)c(O)c1. The summed E-state index contributed by atoms with van der Waals surface area (Å²) in [4.78, 5) is 0. The second-order valence-electron chi connectivity index (χ2n) is 5.86. The summed E-state index contributed by atoms with van der Waals surface area (Å²) in [5.74, 6) is -4.36. The largest absolute Gasteiger partial charge is 0.504 e. The molecule has 10 nitrogen and oxygen atoms in total. The third kappa shape index (κ3) is 5.80. The van der Waals surface area contributed by atoms with Gasteiger partial charge in [-0.3, -0.25) is 0 Å². The minimum Gasteiger partial charge on any atom is -0.504 e. The van der Waals surface area contributed by atoms with Crippen molar-refractivity contribution >= 4 is 31.8 Å². The molecule has 0 aliphatic heterocycles. The van der Waals surface area contributed by atoms with Gasteiger partial charge in [-0.05, 0) is 47.5 Å². The molecule has 2 aromatic rings. The van der Waals surface area contributed by atoms with Gasteiger partial charge < -0.3 is 30.6 Å². The van der Waals surface area contributed by atoms with Crippen LogP contribution in [0.5, 0.6) is 34.5 Å². The van der Waals surface area contributed by atoms with E-state index in [1.54, 1.807) is 0 Å². The van der Waals surface area contributed by atoms with Crippen LogP contribution in [0.25, 0.3) is 12.2 Å². The minimum absolute atomic E-state index is 0.00985. The van der Waals surface area contributed by atoms with E-state index >= 15 is 0 Å². The van der Waals surface area contributed by atoms with Crippen molar-refractivity contribution in [1.82, 2.24) is 0 Å². The average Bonchev–Trinajstić information content (AvgIpc) is 2.59. The van der Waals surface area contributed by atoms with E-state index in [4.69, 9.17) is 0 Å². The van der Waals surface area contributed by atoms with Crippen molar-refractivity contribution in [3.05, 3.63) is 46.2 Å². The molecule has 0 heterocycles. The molecule has 6 N–H and O–H groups in total. The lowest BCUT2D eigenvalue weighted by atomic mass is 10.2. The van der Waals surface area contributed by atoms with Crippen LogP contribution >= 0.6 is 0 Å². The smallest absolute Gasteiger partial charge is 0.200 e. The van der Waals surface area contributed by atoms with Gasteiger partial charge in [0.2, 0.25) is 0 Å². The van der Waals surface area contributed by atoms with E-state index in [1.807, 2.05) is 0 Å². The Labute approximate surface area is 165 Å². The molecule has 0 spiro atoms. The van der Waals surface area contributed by atoms with Gasteiger partial charge >= 0.3 is 0 Å². The Morgan fingerprint density at radius 3 is 1.14 bits per heavy atom. The number of rotatable bonds is 6. The highest BCUT2D eigenvalue weighted by molar-refractivity contribution is 8.10. The molecule has 0 bridgehead atoms. The highest BCUT2D eigenvalue weighted by atomic mass is 32.3. The van der Waals surface area contributed by atoms with Crippen molar-refractivity contribution in [2.75, 3.05) is 5.08 Å². The van der Waals surface area contributed by atoms with Crippen molar-refractivity contribution in [3.8, 4) is 34.5 Å². The Morgan fingerprint density at radius 1 is 0.586 bits per heavy atom. The fourth-order valence-corrected chi connectivity index (χ4v) is 5.30. The molecule has 0 aliphatic rings. The van der Waals surface area contributed by atoms with E-state index in [0.29, 0.717) is 10.8 Å². The predicted octanol–water partition coefficient (Wildman–Crippen LogP) is 1.35. The maximum atomic E-state index is 12.0. The van der Waals surface area contributed by atoms with Gasteiger partial charge in [0.15, 0.2) is 59.3 Å². The molecule has 0 atom stereocenters. The maximum absolute atomic E-state index is 12.0. The minimum atomic E-state index is -4.29. The van der Waals surface area contributed by atoms with Crippen LogP contribution in [-0.2, 0) is 19.7 Å². The van der Waals surface area contributed by atoms with Crippen molar-refractivity contribution in [2.45, 2.75) is 0 Å². The number of hydrogen-bond donors (Lipinski definition) is 6. The van der Waals surface area contributed by atoms with E-state index in [2.05, 4.69) is 0 Å². The van der Waals surface area contributed by atoms with Crippen molar-refractivity contribution < 1.29 is 47.5 Å². The Balaban J connectivity index is 2.20. The Kier molecular flexibility index (Phi) is 5.99. The van der Waals surface area contributed by atoms with Crippen molar-refractivity contribution in [2.24, 2.45) is 0 Å². The van der Waals surface area contributed by atoms with E-state index in [1.165, 1.54) is 0 Å². The second kappa shape index (κ2) is 7.93. The molecule has 0 saturated carbocycles. The average molecular weight is 444 g/mol. The molecule has 0 aliphatic carbocycles. The monoisotopic (exact) mass is 444 g/mol. The summed E-state index contributed by atoms with van der Waals surface area (Å²) in [6.45, 7) is 0. The Hall–Kier alpha value is -3.38. The first-order valence-electron chi connectivity index (χ1n) is 7.61. The zero-order chi connectivity index (χ0) is 22.0. The van der Waals surface area contributed by atoms with Gasteiger partial charge in [0.25, 0.3) is 0 Å². The predicted molar refractivity (Wildman–Crippen MR) is 104 cm³/mol. The van der Waals surface area contributed by atoms with Gasteiger partial charge in [0.05, 0.1) is 0 Å². The summed E-state index contributed by atoms with van der Waals surface area (Å²) >= 11 is 0. The summed E-state index contributed by atoms with van der Waals surface area (Å²) in [6.07, 6.45) is 1.84. The Morgan fingerprint density at radius 2 is 0.862 bits per heavy atom. The number of phenols is 6. The first kappa shape index (κ1) is 21.9. The van der Waals surface area contributed by atoms with E-state index in [0.717, 1.165) is 36.4 Å². The molecule has 0 radical (unpaired) electrons. The number of sulfone groups is 2. The van der Waals surface area contributed by atoms with Gasteiger partial charge in [-0.15, -0.1) is 0 Å². The number of phenolic OH excluding ortho intramolecular Hbond substituents is 6. The zero-order valence-electron chi connectivity index (χ0n) is 14.5. The first-order chi connectivity index (χ1) is 13.3. The fourth-order valence-electron chi connectivity index (χ4n) is 2.12. The van der Waals surface area contributed by atoms with Crippen LogP contribution in [-0.4, -0.2) is 52.6 Å². The number of aromatic hydroxyl groups is 6. The van der Waals surface area contributed by atoms with Crippen LogP contribution in [0.2, 0.25) is 0 Å². The Bertz CT molecular complexity index is 1070. The van der Waals surface area contributed by atoms with Crippen LogP contribution in [0.3, 0.4) is 0 Å². The zero-order valence-corrected chi connectivity index (χ0v) is 16.1. The molecular weight excluding hydrogens is 428 g/mol. The molecule has 2 rings (SSSR count). The van der Waals surface area contributed by atoms with Crippen LogP contribution in [0.1, 0.15) is 11.1 Å². The van der Waals surface area contributed by atoms with Crippen molar-refractivity contribution in [3.63, 3.8) is 0 Å². The van der Waals surface area contributed by atoms with Gasteiger partial charge in [-0.25, -0.2) is 16.8 Å². The normalized spacial score (nSPS) is 12.7. The summed E-state index contributed by atoms with van der Waals surface area (Å²) in [6, 6.07) is 3.83. The van der Waals surface area contributed by atoms with Crippen molar-refractivity contribution in [1.29, 1.82) is 0 Å². The quantitative estimate of drug-likeness (QED) is 0.355. The molecule has 0 unspecified atom stereocenters. The summed E-state index contributed by atoms with van der Waals surface area (Å²) < 4.78 is 48.1. The van der Waals surface area contributed by atoms with E-state index in [-0.39, 0.29) is 11.1 Å². The molecule has 0 fully saturated rings. The molecule has 12 heteroatoms. The number of hydrogen-bond acceptors (Lipinski definition) is 10. The second-order valence-corrected chi connectivity index (χ2v) is 10.0. The maximum Gasteiger partial charge on any atom is 0.200 e. The standard InChI is InChI=1S/C17H16O10S2/c18-12-5-10(6-13(19)16(12)22)1-3-28(24,25)9-29(26,27)4-2-11-7-14(20)17(23)15(21)8-11/h1-8,18-23H,9H2/b3-1+,4-2+. The van der Waals surface area contributed by atoms with Crippen LogP contribution in [0.4, 0.5) is 0 Å². The van der Waals surface area contributed by atoms with E-state index < -0.39 is 59.3 Å². The molecule has 0 aromatic heterocycles. The molecule has 0 amide bonds. The lowest BCUT2D eigenvalue weighted by Crippen LogP contribution is -2.11. The molecule has 0 saturated heterocycles. The third-order valence-electron chi connectivity index (χ3n) is 3.45. The lowest BCUT2D eigenvalue weighted by molar-refractivity contribution is 0.367.